The Labute approximate surface area is 121 Å². The van der Waals surface area contributed by atoms with Crippen LogP contribution >= 0.6 is 0 Å². The van der Waals surface area contributed by atoms with Crippen molar-refractivity contribution in [3.8, 4) is 0 Å². The summed E-state index contributed by atoms with van der Waals surface area (Å²) in [6, 6.07) is 0.0128. The van der Waals surface area contributed by atoms with Gasteiger partial charge in [-0.2, -0.15) is 5.10 Å². The summed E-state index contributed by atoms with van der Waals surface area (Å²) >= 11 is 0. The Hall–Kier alpha value is -0.950. The van der Waals surface area contributed by atoms with Gasteiger partial charge >= 0.3 is 0 Å². The minimum atomic E-state index is 0.0128. The van der Waals surface area contributed by atoms with Crippen molar-refractivity contribution < 1.29 is 14.2 Å². The minimum absolute atomic E-state index is 0.0128. The van der Waals surface area contributed by atoms with Gasteiger partial charge in [-0.1, -0.05) is 0 Å². The van der Waals surface area contributed by atoms with E-state index < -0.39 is 0 Å². The van der Waals surface area contributed by atoms with E-state index in [1.54, 1.807) is 7.11 Å². The fourth-order valence-electron chi connectivity index (χ4n) is 2.20. The molecule has 0 saturated heterocycles. The summed E-state index contributed by atoms with van der Waals surface area (Å²) in [6.45, 7) is 9.77. The topological polar surface area (TPSA) is 71.5 Å². The first-order chi connectivity index (χ1) is 9.57. The quantitative estimate of drug-likeness (QED) is 0.654. The second-order valence-corrected chi connectivity index (χ2v) is 4.81. The van der Waals surface area contributed by atoms with Gasteiger partial charge in [-0.3, -0.25) is 4.68 Å². The zero-order chi connectivity index (χ0) is 15.0. The fraction of sp³-hybridized carbons (Fsp3) is 0.786. The molecule has 2 N–H and O–H groups in total. The van der Waals surface area contributed by atoms with Crippen LogP contribution < -0.4 is 5.73 Å². The van der Waals surface area contributed by atoms with Crippen molar-refractivity contribution in [2.24, 2.45) is 5.73 Å². The zero-order valence-corrected chi connectivity index (χ0v) is 13.0. The van der Waals surface area contributed by atoms with Crippen LogP contribution in [0.2, 0.25) is 0 Å². The molecule has 6 heteroatoms. The lowest BCUT2D eigenvalue weighted by Crippen LogP contribution is -2.13. The Bertz CT molecular complexity index is 391. The van der Waals surface area contributed by atoms with Crippen LogP contribution in [0.3, 0.4) is 0 Å². The Kier molecular flexibility index (Phi) is 7.76. The van der Waals surface area contributed by atoms with Crippen molar-refractivity contribution in [2.45, 2.75) is 33.4 Å². The third-order valence-electron chi connectivity index (χ3n) is 3.14. The van der Waals surface area contributed by atoms with E-state index >= 15 is 0 Å². The van der Waals surface area contributed by atoms with E-state index in [2.05, 4.69) is 5.10 Å². The van der Waals surface area contributed by atoms with Crippen LogP contribution in [0.15, 0.2) is 0 Å². The summed E-state index contributed by atoms with van der Waals surface area (Å²) in [5.74, 6) is 0. The molecule has 0 saturated carbocycles. The second-order valence-electron chi connectivity index (χ2n) is 4.81. The first kappa shape index (κ1) is 17.1. The summed E-state index contributed by atoms with van der Waals surface area (Å²) in [7, 11) is 1.66. The number of aryl methyl sites for hydroxylation is 1. The van der Waals surface area contributed by atoms with Crippen molar-refractivity contribution in [2.75, 3.05) is 40.1 Å². The van der Waals surface area contributed by atoms with Crippen LogP contribution in [0.25, 0.3) is 0 Å². The summed E-state index contributed by atoms with van der Waals surface area (Å²) in [4.78, 5) is 0. The highest BCUT2D eigenvalue weighted by Gasteiger charge is 2.14. The first-order valence-electron chi connectivity index (χ1n) is 7.01. The molecule has 1 atom stereocenters. The molecule has 0 aliphatic carbocycles. The molecular weight excluding hydrogens is 258 g/mol. The average Bonchev–Trinajstić information content (AvgIpc) is 2.67. The lowest BCUT2D eigenvalue weighted by atomic mass is 10.1. The van der Waals surface area contributed by atoms with Crippen LogP contribution in [-0.2, 0) is 20.8 Å². The van der Waals surface area contributed by atoms with Crippen molar-refractivity contribution in [3.05, 3.63) is 17.0 Å². The van der Waals surface area contributed by atoms with Gasteiger partial charge in [0.1, 0.15) is 0 Å². The fourth-order valence-corrected chi connectivity index (χ4v) is 2.20. The zero-order valence-electron chi connectivity index (χ0n) is 13.0. The van der Waals surface area contributed by atoms with Crippen molar-refractivity contribution in [1.82, 2.24) is 9.78 Å². The largest absolute Gasteiger partial charge is 0.382 e. The molecular formula is C14H27N3O3. The highest BCUT2D eigenvalue weighted by atomic mass is 16.5. The SMILES string of the molecule is COCCOCCOCCn1nc(C)c(C(C)N)c1C. The van der Waals surface area contributed by atoms with Crippen LogP contribution in [-0.4, -0.2) is 49.9 Å². The van der Waals surface area contributed by atoms with Crippen LogP contribution in [0.4, 0.5) is 0 Å². The van der Waals surface area contributed by atoms with E-state index in [-0.39, 0.29) is 6.04 Å². The number of rotatable bonds is 10. The minimum Gasteiger partial charge on any atom is -0.382 e. The number of nitrogens with zero attached hydrogens (tertiary/aromatic N) is 2. The molecule has 20 heavy (non-hydrogen) atoms. The van der Waals surface area contributed by atoms with Crippen LogP contribution in [0, 0.1) is 13.8 Å². The monoisotopic (exact) mass is 285 g/mol. The summed E-state index contributed by atoms with van der Waals surface area (Å²) < 4.78 is 17.7. The number of nitrogens with two attached hydrogens (primary N) is 1. The Morgan fingerprint density at radius 2 is 1.70 bits per heavy atom. The Morgan fingerprint density at radius 3 is 2.25 bits per heavy atom. The molecule has 0 amide bonds. The van der Waals surface area contributed by atoms with Crippen LogP contribution in [0.1, 0.15) is 29.9 Å². The van der Waals surface area contributed by atoms with Gasteiger partial charge in [-0.25, -0.2) is 0 Å². The Morgan fingerprint density at radius 1 is 1.10 bits per heavy atom. The molecule has 0 aliphatic heterocycles. The van der Waals surface area contributed by atoms with Crippen molar-refractivity contribution in [3.63, 3.8) is 0 Å². The number of ether oxygens (including phenoxy) is 3. The van der Waals surface area contributed by atoms with Gasteiger partial charge in [0.2, 0.25) is 0 Å². The maximum absolute atomic E-state index is 5.95. The van der Waals surface area contributed by atoms with E-state index in [1.807, 2.05) is 25.5 Å². The van der Waals surface area contributed by atoms with E-state index in [0.29, 0.717) is 33.0 Å². The third kappa shape index (κ3) is 5.20. The molecule has 0 aliphatic rings. The molecule has 1 aromatic heterocycles. The lowest BCUT2D eigenvalue weighted by molar-refractivity contribution is 0.0224. The molecule has 6 nitrogen and oxygen atoms in total. The first-order valence-corrected chi connectivity index (χ1v) is 7.01. The van der Waals surface area contributed by atoms with Crippen LogP contribution in [0.5, 0.6) is 0 Å². The molecule has 116 valence electrons. The molecule has 1 heterocycles. The van der Waals surface area contributed by atoms with Gasteiger partial charge in [0, 0.05) is 24.4 Å². The van der Waals surface area contributed by atoms with Gasteiger partial charge in [0.15, 0.2) is 0 Å². The summed E-state index contributed by atoms with van der Waals surface area (Å²) in [6.07, 6.45) is 0. The van der Waals surface area contributed by atoms with Gasteiger partial charge in [-0.05, 0) is 20.8 Å². The van der Waals surface area contributed by atoms with Crippen molar-refractivity contribution >= 4 is 0 Å². The molecule has 0 aromatic carbocycles. The second kappa shape index (κ2) is 9.07. The summed E-state index contributed by atoms with van der Waals surface area (Å²) in [5.41, 5.74) is 9.21. The molecule has 1 unspecified atom stereocenters. The van der Waals surface area contributed by atoms with E-state index in [0.717, 1.165) is 23.5 Å². The van der Waals surface area contributed by atoms with E-state index in [9.17, 15) is 0 Å². The summed E-state index contributed by atoms with van der Waals surface area (Å²) in [5, 5.41) is 4.50. The van der Waals surface area contributed by atoms with Gasteiger partial charge < -0.3 is 19.9 Å². The number of methoxy groups -OCH3 is 1. The maximum atomic E-state index is 5.95. The molecule has 0 fully saturated rings. The molecule has 1 aromatic rings. The highest BCUT2D eigenvalue weighted by Crippen LogP contribution is 2.19. The molecule has 0 bridgehead atoms. The van der Waals surface area contributed by atoms with Gasteiger partial charge in [0.05, 0.1) is 45.3 Å². The molecule has 0 radical (unpaired) electrons. The Balaban J connectivity index is 2.24. The molecule has 1 rings (SSSR count). The number of hydrogen-bond acceptors (Lipinski definition) is 5. The predicted octanol–water partition coefficient (Wildman–Crippen LogP) is 1.20. The number of hydrogen-bond donors (Lipinski definition) is 1. The standard InChI is InChI=1S/C14H27N3O3/c1-11(15)14-12(2)16-17(13(14)3)5-6-19-9-10-20-8-7-18-4/h11H,5-10,15H2,1-4H3. The van der Waals surface area contributed by atoms with E-state index in [4.69, 9.17) is 19.9 Å². The average molecular weight is 285 g/mol. The van der Waals surface area contributed by atoms with E-state index in [1.165, 1.54) is 0 Å². The normalized spacial score (nSPS) is 12.8. The molecule has 0 spiro atoms. The van der Waals surface area contributed by atoms with Crippen molar-refractivity contribution in [1.29, 1.82) is 0 Å². The third-order valence-corrected chi connectivity index (χ3v) is 3.14. The predicted molar refractivity (Wildman–Crippen MR) is 77.8 cm³/mol. The van der Waals surface area contributed by atoms with Gasteiger partial charge in [-0.15, -0.1) is 0 Å². The smallest absolute Gasteiger partial charge is 0.0701 e. The lowest BCUT2D eigenvalue weighted by Gasteiger charge is -2.08. The highest BCUT2D eigenvalue weighted by molar-refractivity contribution is 5.27. The van der Waals surface area contributed by atoms with Gasteiger partial charge in [0.25, 0.3) is 0 Å². The number of aromatic nitrogens is 2. The maximum Gasteiger partial charge on any atom is 0.0701 e.